The summed E-state index contributed by atoms with van der Waals surface area (Å²) in [6.07, 6.45) is 3.41. The van der Waals surface area contributed by atoms with Gasteiger partial charge in [-0.1, -0.05) is 0 Å². The lowest BCUT2D eigenvalue weighted by Gasteiger charge is -2.12. The van der Waals surface area contributed by atoms with E-state index in [2.05, 4.69) is 20.6 Å². The summed E-state index contributed by atoms with van der Waals surface area (Å²) in [5.41, 5.74) is 0. The predicted octanol–water partition coefficient (Wildman–Crippen LogP) is 0.851. The molecule has 0 saturated carbocycles. The zero-order valence-corrected chi connectivity index (χ0v) is 9.38. The van der Waals surface area contributed by atoms with E-state index in [1.54, 1.807) is 13.0 Å². The molecular formula is C10H14N4O3. The second kappa shape index (κ2) is 6.41. The molecule has 0 bridgehead atoms. The highest BCUT2D eigenvalue weighted by Gasteiger charge is 2.09. The first-order valence-corrected chi connectivity index (χ1v) is 5.14. The number of aromatic nitrogens is 2. The zero-order valence-electron chi connectivity index (χ0n) is 9.38. The van der Waals surface area contributed by atoms with Gasteiger partial charge < -0.3 is 10.4 Å². The van der Waals surface area contributed by atoms with Gasteiger partial charge >= 0.3 is 12.0 Å². The van der Waals surface area contributed by atoms with Crippen LogP contribution in [-0.4, -0.2) is 33.1 Å². The Kier molecular flexibility index (Phi) is 4.86. The molecule has 1 rings (SSSR count). The molecule has 7 heteroatoms. The third kappa shape index (κ3) is 5.45. The van der Waals surface area contributed by atoms with Crippen molar-refractivity contribution in [1.82, 2.24) is 15.3 Å². The predicted molar refractivity (Wildman–Crippen MR) is 60.5 cm³/mol. The Morgan fingerprint density at radius 1 is 1.41 bits per heavy atom. The summed E-state index contributed by atoms with van der Waals surface area (Å²) in [5, 5.41) is 13.5. The lowest BCUT2D eigenvalue weighted by atomic mass is 10.2. The van der Waals surface area contributed by atoms with Gasteiger partial charge in [0, 0.05) is 24.9 Å². The molecule has 1 heterocycles. The Balaban J connectivity index is 2.32. The molecule has 2 amide bonds. The van der Waals surface area contributed by atoms with Crippen LogP contribution in [0.15, 0.2) is 18.5 Å². The second-order valence-corrected chi connectivity index (χ2v) is 3.50. The average Bonchev–Trinajstić information content (AvgIpc) is 2.27. The van der Waals surface area contributed by atoms with Gasteiger partial charge in [0.2, 0.25) is 5.95 Å². The fraction of sp³-hybridized carbons (Fsp3) is 0.400. The van der Waals surface area contributed by atoms with E-state index in [4.69, 9.17) is 5.11 Å². The quantitative estimate of drug-likeness (QED) is 0.705. The monoisotopic (exact) mass is 238 g/mol. The van der Waals surface area contributed by atoms with Crippen LogP contribution >= 0.6 is 0 Å². The minimum atomic E-state index is -0.884. The van der Waals surface area contributed by atoms with Gasteiger partial charge in [-0.15, -0.1) is 0 Å². The molecule has 0 radical (unpaired) electrons. The van der Waals surface area contributed by atoms with Crippen LogP contribution < -0.4 is 10.6 Å². The fourth-order valence-corrected chi connectivity index (χ4v) is 1.14. The molecule has 0 aliphatic carbocycles. The fourth-order valence-electron chi connectivity index (χ4n) is 1.14. The SMILES string of the molecule is CC(CCC(=O)O)NC(=O)Nc1ncccn1. The van der Waals surface area contributed by atoms with Gasteiger partial charge in [0.1, 0.15) is 0 Å². The number of anilines is 1. The van der Waals surface area contributed by atoms with Crippen molar-refractivity contribution in [3.05, 3.63) is 18.5 Å². The van der Waals surface area contributed by atoms with Crippen LogP contribution in [0.25, 0.3) is 0 Å². The number of hydrogen-bond donors (Lipinski definition) is 3. The van der Waals surface area contributed by atoms with E-state index in [0.29, 0.717) is 6.42 Å². The number of rotatable bonds is 5. The molecular weight excluding hydrogens is 224 g/mol. The topological polar surface area (TPSA) is 104 Å². The number of hydrogen-bond acceptors (Lipinski definition) is 4. The molecule has 0 aliphatic heterocycles. The molecule has 17 heavy (non-hydrogen) atoms. The van der Waals surface area contributed by atoms with Crippen molar-refractivity contribution in [2.75, 3.05) is 5.32 Å². The summed E-state index contributed by atoms with van der Waals surface area (Å²) in [4.78, 5) is 29.4. The molecule has 1 aromatic rings. The maximum atomic E-state index is 11.4. The third-order valence-electron chi connectivity index (χ3n) is 1.96. The van der Waals surface area contributed by atoms with Crippen LogP contribution in [0.3, 0.4) is 0 Å². The molecule has 0 saturated heterocycles. The standard InChI is InChI=1S/C10H14N4O3/c1-7(3-4-8(15)16)13-10(17)14-9-11-5-2-6-12-9/h2,5-7H,3-4H2,1H3,(H,15,16)(H2,11,12,13,14,17). The lowest BCUT2D eigenvalue weighted by molar-refractivity contribution is -0.137. The molecule has 3 N–H and O–H groups in total. The summed E-state index contributed by atoms with van der Waals surface area (Å²) in [5.74, 6) is -0.680. The summed E-state index contributed by atoms with van der Waals surface area (Å²) < 4.78 is 0. The van der Waals surface area contributed by atoms with Crippen LogP contribution in [0.1, 0.15) is 19.8 Å². The second-order valence-electron chi connectivity index (χ2n) is 3.50. The molecule has 1 atom stereocenters. The van der Waals surface area contributed by atoms with E-state index in [1.165, 1.54) is 12.4 Å². The number of nitrogens with one attached hydrogen (secondary N) is 2. The van der Waals surface area contributed by atoms with Crippen LogP contribution in [0.2, 0.25) is 0 Å². The largest absolute Gasteiger partial charge is 0.481 e. The lowest BCUT2D eigenvalue weighted by Crippen LogP contribution is -2.36. The van der Waals surface area contributed by atoms with Crippen molar-refractivity contribution in [3.8, 4) is 0 Å². The Morgan fingerprint density at radius 2 is 2.06 bits per heavy atom. The van der Waals surface area contributed by atoms with Crippen molar-refractivity contribution < 1.29 is 14.7 Å². The number of carbonyl (C=O) groups is 2. The van der Waals surface area contributed by atoms with Gasteiger partial charge in [0.25, 0.3) is 0 Å². The zero-order chi connectivity index (χ0) is 12.7. The van der Waals surface area contributed by atoms with Crippen LogP contribution in [0, 0.1) is 0 Å². The van der Waals surface area contributed by atoms with Crippen LogP contribution in [0.5, 0.6) is 0 Å². The van der Waals surface area contributed by atoms with Crippen molar-refractivity contribution in [2.45, 2.75) is 25.8 Å². The van der Waals surface area contributed by atoms with Gasteiger partial charge in [-0.2, -0.15) is 0 Å². The first kappa shape index (κ1) is 12.9. The third-order valence-corrected chi connectivity index (χ3v) is 1.96. The van der Waals surface area contributed by atoms with Crippen molar-refractivity contribution in [2.24, 2.45) is 0 Å². The number of urea groups is 1. The minimum Gasteiger partial charge on any atom is -0.481 e. The average molecular weight is 238 g/mol. The molecule has 1 aromatic heterocycles. The summed E-state index contributed by atoms with van der Waals surface area (Å²) in [6, 6.07) is 0.961. The van der Waals surface area contributed by atoms with Gasteiger partial charge in [0.15, 0.2) is 0 Å². The highest BCUT2D eigenvalue weighted by molar-refractivity contribution is 5.87. The maximum Gasteiger partial charge on any atom is 0.321 e. The summed E-state index contributed by atoms with van der Waals surface area (Å²) >= 11 is 0. The Labute approximate surface area is 98.3 Å². The number of carboxylic acid groups (broad SMARTS) is 1. The van der Waals surface area contributed by atoms with Gasteiger partial charge in [-0.25, -0.2) is 14.8 Å². The number of amides is 2. The first-order valence-electron chi connectivity index (χ1n) is 5.14. The summed E-state index contributed by atoms with van der Waals surface area (Å²) in [6.45, 7) is 1.73. The van der Waals surface area contributed by atoms with Crippen molar-refractivity contribution in [3.63, 3.8) is 0 Å². The number of aliphatic carboxylic acids is 1. The van der Waals surface area contributed by atoms with E-state index in [-0.39, 0.29) is 18.4 Å². The van der Waals surface area contributed by atoms with E-state index in [1.807, 2.05) is 0 Å². The van der Waals surface area contributed by atoms with Crippen LogP contribution in [0.4, 0.5) is 10.7 Å². The van der Waals surface area contributed by atoms with Gasteiger partial charge in [-0.05, 0) is 19.4 Å². The number of carbonyl (C=O) groups excluding carboxylic acids is 1. The highest BCUT2D eigenvalue weighted by Crippen LogP contribution is 1.98. The van der Waals surface area contributed by atoms with Crippen LogP contribution in [-0.2, 0) is 4.79 Å². The van der Waals surface area contributed by atoms with E-state index in [0.717, 1.165) is 0 Å². The Morgan fingerprint density at radius 3 is 2.65 bits per heavy atom. The maximum absolute atomic E-state index is 11.4. The van der Waals surface area contributed by atoms with E-state index < -0.39 is 12.0 Å². The van der Waals surface area contributed by atoms with Crippen molar-refractivity contribution in [1.29, 1.82) is 0 Å². The van der Waals surface area contributed by atoms with E-state index in [9.17, 15) is 9.59 Å². The Bertz CT molecular complexity index is 382. The Hall–Kier alpha value is -2.18. The van der Waals surface area contributed by atoms with Gasteiger partial charge in [-0.3, -0.25) is 10.1 Å². The number of carboxylic acids is 1. The first-order chi connectivity index (χ1) is 8.08. The number of nitrogens with zero attached hydrogens (tertiary/aromatic N) is 2. The molecule has 7 nitrogen and oxygen atoms in total. The smallest absolute Gasteiger partial charge is 0.321 e. The van der Waals surface area contributed by atoms with Gasteiger partial charge in [0.05, 0.1) is 0 Å². The molecule has 0 aliphatic rings. The molecule has 0 fully saturated rings. The van der Waals surface area contributed by atoms with Crippen molar-refractivity contribution >= 4 is 17.9 Å². The normalized spacial score (nSPS) is 11.6. The minimum absolute atomic E-state index is 0.0171. The summed E-state index contributed by atoms with van der Waals surface area (Å²) in [7, 11) is 0. The highest BCUT2D eigenvalue weighted by atomic mass is 16.4. The molecule has 92 valence electrons. The molecule has 0 aromatic carbocycles. The molecule has 0 spiro atoms. The van der Waals surface area contributed by atoms with E-state index >= 15 is 0 Å². The molecule has 1 unspecified atom stereocenters.